The molecule has 0 unspecified atom stereocenters. The molecule has 0 radical (unpaired) electrons. The molecule has 1 amide bonds. The quantitative estimate of drug-likeness (QED) is 0.467. The number of hydrogen-bond donors (Lipinski definition) is 1. The van der Waals surface area contributed by atoms with Gasteiger partial charge >= 0.3 is 5.97 Å². The van der Waals surface area contributed by atoms with E-state index in [0.29, 0.717) is 5.56 Å². The van der Waals surface area contributed by atoms with Crippen LogP contribution in [0.2, 0.25) is 0 Å². The molecule has 0 atom stereocenters. The first kappa shape index (κ1) is 11.9. The largest absolute Gasteiger partial charge is 0.462 e. The van der Waals surface area contributed by atoms with E-state index in [1.54, 1.807) is 37.3 Å². The average Bonchev–Trinajstić information content (AvgIpc) is 2.30. The monoisotopic (exact) mass is 220 g/mol. The van der Waals surface area contributed by atoms with Crippen LogP contribution in [0.15, 0.2) is 35.4 Å². The first-order valence-corrected chi connectivity index (χ1v) is 4.79. The van der Waals surface area contributed by atoms with Gasteiger partial charge in [0.1, 0.15) is 6.21 Å². The average molecular weight is 220 g/mol. The van der Waals surface area contributed by atoms with Gasteiger partial charge in [-0.2, -0.15) is 5.10 Å². The van der Waals surface area contributed by atoms with E-state index in [9.17, 15) is 9.59 Å². The Morgan fingerprint density at radius 3 is 2.69 bits per heavy atom. The maximum Gasteiger partial charge on any atom is 0.351 e. The number of nitrogens with zero attached hydrogens (tertiary/aromatic N) is 1. The van der Waals surface area contributed by atoms with E-state index in [-0.39, 0.29) is 12.5 Å². The highest BCUT2D eigenvalue weighted by Crippen LogP contribution is 1.97. The molecule has 0 fully saturated rings. The maximum atomic E-state index is 11.4. The summed E-state index contributed by atoms with van der Waals surface area (Å²) in [5.41, 5.74) is 2.69. The first-order valence-electron chi connectivity index (χ1n) is 4.79. The van der Waals surface area contributed by atoms with Gasteiger partial charge in [0.25, 0.3) is 5.91 Å². The standard InChI is InChI=1S/C11H12N2O3/c1-2-16-10(14)8-12-13-11(15)9-6-4-3-5-7-9/h3-8H,2H2,1H3,(H,13,15). The Morgan fingerprint density at radius 1 is 1.38 bits per heavy atom. The molecule has 5 nitrogen and oxygen atoms in total. The molecule has 1 aromatic rings. The Morgan fingerprint density at radius 2 is 2.06 bits per heavy atom. The third-order valence-corrected chi connectivity index (χ3v) is 1.66. The van der Waals surface area contributed by atoms with E-state index >= 15 is 0 Å². The van der Waals surface area contributed by atoms with Crippen molar-refractivity contribution < 1.29 is 14.3 Å². The summed E-state index contributed by atoms with van der Waals surface area (Å²) in [5, 5.41) is 3.47. The van der Waals surface area contributed by atoms with Crippen molar-refractivity contribution in [1.82, 2.24) is 5.43 Å². The van der Waals surface area contributed by atoms with Crippen molar-refractivity contribution in [1.29, 1.82) is 0 Å². The minimum Gasteiger partial charge on any atom is -0.462 e. The zero-order valence-corrected chi connectivity index (χ0v) is 8.84. The highest BCUT2D eigenvalue weighted by molar-refractivity contribution is 6.23. The summed E-state index contributed by atoms with van der Waals surface area (Å²) in [4.78, 5) is 22.2. The predicted octanol–water partition coefficient (Wildman–Crippen LogP) is 0.965. The zero-order chi connectivity index (χ0) is 11.8. The smallest absolute Gasteiger partial charge is 0.351 e. The Labute approximate surface area is 93.1 Å². The zero-order valence-electron chi connectivity index (χ0n) is 8.84. The minimum atomic E-state index is -0.587. The summed E-state index contributed by atoms with van der Waals surface area (Å²) >= 11 is 0. The molecule has 0 spiro atoms. The number of nitrogens with one attached hydrogen (secondary N) is 1. The van der Waals surface area contributed by atoms with Gasteiger partial charge in [-0.1, -0.05) is 18.2 Å². The van der Waals surface area contributed by atoms with Crippen molar-refractivity contribution in [3.05, 3.63) is 35.9 Å². The normalized spacial score (nSPS) is 10.1. The lowest BCUT2D eigenvalue weighted by atomic mass is 10.2. The fourth-order valence-electron chi connectivity index (χ4n) is 0.977. The van der Waals surface area contributed by atoms with Crippen LogP contribution in [0, 0.1) is 0 Å². The number of ether oxygens (including phenoxy) is 1. The highest BCUT2D eigenvalue weighted by atomic mass is 16.5. The number of hydrogen-bond acceptors (Lipinski definition) is 4. The van der Waals surface area contributed by atoms with Gasteiger partial charge in [0.15, 0.2) is 0 Å². The van der Waals surface area contributed by atoms with Gasteiger partial charge in [0.05, 0.1) is 6.61 Å². The van der Waals surface area contributed by atoms with Gasteiger partial charge in [-0.15, -0.1) is 0 Å². The molecule has 16 heavy (non-hydrogen) atoms. The van der Waals surface area contributed by atoms with E-state index in [1.807, 2.05) is 0 Å². The van der Waals surface area contributed by atoms with Gasteiger partial charge in [-0.05, 0) is 19.1 Å². The van der Waals surface area contributed by atoms with Crippen LogP contribution < -0.4 is 5.43 Å². The maximum absolute atomic E-state index is 11.4. The van der Waals surface area contributed by atoms with E-state index < -0.39 is 5.97 Å². The van der Waals surface area contributed by atoms with Crippen molar-refractivity contribution >= 4 is 18.1 Å². The molecule has 5 heteroatoms. The van der Waals surface area contributed by atoms with Crippen LogP contribution in [-0.4, -0.2) is 24.7 Å². The molecule has 1 N–H and O–H groups in total. The number of carbonyl (C=O) groups is 2. The SMILES string of the molecule is CCOC(=O)C=NNC(=O)c1ccccc1. The fourth-order valence-corrected chi connectivity index (χ4v) is 0.977. The van der Waals surface area contributed by atoms with Crippen LogP contribution in [0.3, 0.4) is 0 Å². The van der Waals surface area contributed by atoms with Crippen molar-refractivity contribution in [3.8, 4) is 0 Å². The Bertz CT molecular complexity index is 387. The molecule has 0 heterocycles. The first-order chi connectivity index (χ1) is 7.74. The molecule has 0 aliphatic rings. The van der Waals surface area contributed by atoms with Crippen molar-refractivity contribution in [2.75, 3.05) is 6.61 Å². The Balaban J connectivity index is 2.45. The van der Waals surface area contributed by atoms with Gasteiger partial charge in [0.2, 0.25) is 0 Å². The molecule has 0 bridgehead atoms. The topological polar surface area (TPSA) is 67.8 Å². The minimum absolute atomic E-state index is 0.275. The van der Waals surface area contributed by atoms with Crippen LogP contribution in [-0.2, 0) is 9.53 Å². The molecule has 0 saturated carbocycles. The van der Waals surface area contributed by atoms with E-state index in [4.69, 9.17) is 0 Å². The molecule has 1 aromatic carbocycles. The van der Waals surface area contributed by atoms with Gasteiger partial charge in [-0.25, -0.2) is 10.2 Å². The summed E-state index contributed by atoms with van der Waals surface area (Å²) in [6.45, 7) is 1.96. The Kier molecular flexibility index (Phi) is 4.72. The lowest BCUT2D eigenvalue weighted by Crippen LogP contribution is -2.19. The number of benzene rings is 1. The second-order valence-corrected chi connectivity index (χ2v) is 2.82. The third kappa shape index (κ3) is 3.91. The molecule has 84 valence electrons. The van der Waals surface area contributed by atoms with Crippen LogP contribution in [0.1, 0.15) is 17.3 Å². The summed E-state index contributed by atoms with van der Waals surface area (Å²) in [7, 11) is 0. The molecule has 0 aliphatic heterocycles. The number of carbonyl (C=O) groups excluding carboxylic acids is 2. The summed E-state index contributed by atoms with van der Waals surface area (Å²) in [5.74, 6) is -0.961. The molecule has 0 aliphatic carbocycles. The number of amides is 1. The van der Waals surface area contributed by atoms with Crippen molar-refractivity contribution in [2.45, 2.75) is 6.92 Å². The highest BCUT2D eigenvalue weighted by Gasteiger charge is 2.02. The summed E-state index contributed by atoms with van der Waals surface area (Å²) < 4.78 is 4.59. The number of esters is 1. The van der Waals surface area contributed by atoms with E-state index in [2.05, 4.69) is 15.3 Å². The third-order valence-electron chi connectivity index (χ3n) is 1.66. The number of rotatable bonds is 4. The van der Waals surface area contributed by atoms with Crippen molar-refractivity contribution in [2.24, 2.45) is 5.10 Å². The lowest BCUT2D eigenvalue weighted by Gasteiger charge is -1.98. The fraction of sp³-hybridized carbons (Fsp3) is 0.182. The number of hydrazone groups is 1. The van der Waals surface area contributed by atoms with E-state index in [0.717, 1.165) is 6.21 Å². The van der Waals surface area contributed by atoms with Crippen LogP contribution in [0.5, 0.6) is 0 Å². The van der Waals surface area contributed by atoms with Gasteiger partial charge < -0.3 is 4.74 Å². The second kappa shape index (κ2) is 6.34. The molecule has 0 aromatic heterocycles. The molecule has 1 rings (SSSR count). The molecule has 0 saturated heterocycles. The van der Waals surface area contributed by atoms with E-state index in [1.165, 1.54) is 0 Å². The lowest BCUT2D eigenvalue weighted by molar-refractivity contribution is -0.134. The summed E-state index contributed by atoms with van der Waals surface area (Å²) in [6.07, 6.45) is 0.921. The van der Waals surface area contributed by atoms with Crippen LogP contribution in [0.25, 0.3) is 0 Å². The molecular formula is C11H12N2O3. The van der Waals surface area contributed by atoms with Crippen LogP contribution in [0.4, 0.5) is 0 Å². The van der Waals surface area contributed by atoms with Gasteiger partial charge in [-0.3, -0.25) is 4.79 Å². The second-order valence-electron chi connectivity index (χ2n) is 2.82. The van der Waals surface area contributed by atoms with Gasteiger partial charge in [0, 0.05) is 5.56 Å². The molecular weight excluding hydrogens is 208 g/mol. The van der Waals surface area contributed by atoms with Crippen molar-refractivity contribution in [3.63, 3.8) is 0 Å². The Hall–Kier alpha value is -2.17. The predicted molar refractivity (Wildman–Crippen MR) is 59.0 cm³/mol. The summed E-state index contributed by atoms with van der Waals surface area (Å²) in [6, 6.07) is 8.58. The van der Waals surface area contributed by atoms with Crippen LogP contribution >= 0.6 is 0 Å².